The predicted octanol–water partition coefficient (Wildman–Crippen LogP) is 0.640. The largest absolute Gasteiger partial charge is 0.480 e. The molecule has 0 heterocycles. The third-order valence-corrected chi connectivity index (χ3v) is 1.50. The number of aliphatic carboxylic acids is 1. The molecule has 3 heteroatoms. The molecule has 1 aliphatic carbocycles. The monoisotopic (exact) mass is 130 g/mol. The van der Waals surface area contributed by atoms with E-state index in [1.54, 1.807) is 0 Å². The van der Waals surface area contributed by atoms with Gasteiger partial charge < -0.3 is 9.84 Å². The number of ether oxygens (including phenoxy) is 1. The first-order chi connectivity index (χ1) is 4.12. The third kappa shape index (κ3) is 2.01. The van der Waals surface area contributed by atoms with Gasteiger partial charge in [0.25, 0.3) is 0 Å². The van der Waals surface area contributed by atoms with E-state index in [0.717, 1.165) is 12.8 Å². The number of carboxylic acids is 1. The van der Waals surface area contributed by atoms with Crippen LogP contribution in [0, 0.1) is 0 Å². The average Bonchev–Trinajstić information content (AvgIpc) is 2.45. The Hall–Kier alpha value is -0.570. The molecule has 0 aromatic rings. The zero-order valence-electron chi connectivity index (χ0n) is 5.39. The van der Waals surface area contributed by atoms with Crippen molar-refractivity contribution >= 4 is 5.97 Å². The van der Waals surface area contributed by atoms with Gasteiger partial charge in [-0.05, 0) is 19.8 Å². The van der Waals surface area contributed by atoms with Crippen LogP contribution in [0.2, 0.25) is 0 Å². The van der Waals surface area contributed by atoms with Crippen LogP contribution in [0.4, 0.5) is 0 Å². The summed E-state index contributed by atoms with van der Waals surface area (Å²) in [6.07, 6.45) is 2.00. The number of hydrogen-bond donors (Lipinski definition) is 1. The normalized spacial score (nSPS) is 21.4. The first kappa shape index (κ1) is 6.55. The van der Waals surface area contributed by atoms with Gasteiger partial charge in [-0.15, -0.1) is 0 Å². The van der Waals surface area contributed by atoms with Crippen LogP contribution in [0.25, 0.3) is 0 Å². The van der Waals surface area contributed by atoms with Crippen molar-refractivity contribution in [1.29, 1.82) is 0 Å². The summed E-state index contributed by atoms with van der Waals surface area (Å²) in [5, 5.41) is 8.18. The molecule has 1 saturated carbocycles. The molecular weight excluding hydrogens is 120 g/mol. The molecule has 1 rings (SSSR count). The van der Waals surface area contributed by atoms with E-state index >= 15 is 0 Å². The van der Waals surface area contributed by atoms with Crippen molar-refractivity contribution in [3.05, 3.63) is 0 Å². The average molecular weight is 130 g/mol. The van der Waals surface area contributed by atoms with Crippen molar-refractivity contribution in [2.45, 2.75) is 25.4 Å². The molecule has 0 unspecified atom stereocenters. The maximum absolute atomic E-state index is 9.95. The van der Waals surface area contributed by atoms with E-state index in [0.29, 0.717) is 0 Å². The number of carboxylic acid groups (broad SMARTS) is 1. The Labute approximate surface area is 53.6 Å². The molecule has 0 radical (unpaired) electrons. The van der Waals surface area contributed by atoms with Gasteiger partial charge in [-0.1, -0.05) is 0 Å². The second kappa shape index (κ2) is 1.99. The maximum atomic E-state index is 9.95. The van der Waals surface area contributed by atoms with Crippen molar-refractivity contribution < 1.29 is 14.6 Å². The van der Waals surface area contributed by atoms with Gasteiger partial charge in [0.1, 0.15) is 6.61 Å². The summed E-state index contributed by atoms with van der Waals surface area (Å²) < 4.78 is 5.00. The highest BCUT2D eigenvalue weighted by Gasteiger charge is 2.38. The van der Waals surface area contributed by atoms with Gasteiger partial charge in [0.15, 0.2) is 0 Å². The smallest absolute Gasteiger partial charge is 0.329 e. The Kier molecular flexibility index (Phi) is 1.45. The van der Waals surface area contributed by atoms with Crippen LogP contribution < -0.4 is 0 Å². The standard InChI is InChI=1S/C6H10O3/c1-6(2-3-6)9-4-5(7)8/h2-4H2,1H3,(H,7,8). The Balaban J connectivity index is 2.12. The number of carbonyl (C=O) groups is 1. The first-order valence-electron chi connectivity index (χ1n) is 2.98. The fourth-order valence-electron chi connectivity index (χ4n) is 0.556. The summed E-state index contributed by atoms with van der Waals surface area (Å²) in [6.45, 7) is 1.77. The molecule has 0 spiro atoms. The first-order valence-corrected chi connectivity index (χ1v) is 2.98. The van der Waals surface area contributed by atoms with Crippen LogP contribution in [0.5, 0.6) is 0 Å². The van der Waals surface area contributed by atoms with E-state index < -0.39 is 5.97 Å². The maximum Gasteiger partial charge on any atom is 0.329 e. The Morgan fingerprint density at radius 2 is 2.33 bits per heavy atom. The molecule has 3 nitrogen and oxygen atoms in total. The minimum atomic E-state index is -0.886. The summed E-state index contributed by atoms with van der Waals surface area (Å²) in [5.74, 6) is -0.886. The van der Waals surface area contributed by atoms with Crippen molar-refractivity contribution in [3.8, 4) is 0 Å². The zero-order chi connectivity index (χ0) is 6.91. The number of hydrogen-bond acceptors (Lipinski definition) is 2. The fraction of sp³-hybridized carbons (Fsp3) is 0.833. The zero-order valence-corrected chi connectivity index (χ0v) is 5.39. The minimum Gasteiger partial charge on any atom is -0.480 e. The van der Waals surface area contributed by atoms with Gasteiger partial charge in [0.05, 0.1) is 5.60 Å². The van der Waals surface area contributed by atoms with Crippen LogP contribution in [0.1, 0.15) is 19.8 Å². The van der Waals surface area contributed by atoms with Gasteiger partial charge >= 0.3 is 5.97 Å². The molecule has 0 aliphatic heterocycles. The van der Waals surface area contributed by atoms with Crippen LogP contribution in [-0.4, -0.2) is 23.3 Å². The SMILES string of the molecule is CC1(OCC(=O)O)CC1. The summed E-state index contributed by atoms with van der Waals surface area (Å²) in [5.41, 5.74) is -0.0988. The highest BCUT2D eigenvalue weighted by Crippen LogP contribution is 2.38. The Morgan fingerprint density at radius 1 is 1.78 bits per heavy atom. The second-order valence-electron chi connectivity index (χ2n) is 2.63. The third-order valence-electron chi connectivity index (χ3n) is 1.50. The van der Waals surface area contributed by atoms with Gasteiger partial charge in [0, 0.05) is 0 Å². The molecule has 0 aromatic carbocycles. The summed E-state index contributed by atoms with van der Waals surface area (Å²) >= 11 is 0. The number of rotatable bonds is 3. The second-order valence-corrected chi connectivity index (χ2v) is 2.63. The highest BCUT2D eigenvalue weighted by molar-refractivity contribution is 5.68. The van der Waals surface area contributed by atoms with Crippen molar-refractivity contribution in [2.75, 3.05) is 6.61 Å². The molecule has 1 fully saturated rings. The molecule has 0 amide bonds. The van der Waals surface area contributed by atoms with E-state index in [1.165, 1.54) is 0 Å². The molecule has 0 atom stereocenters. The van der Waals surface area contributed by atoms with Crippen molar-refractivity contribution in [1.82, 2.24) is 0 Å². The van der Waals surface area contributed by atoms with E-state index in [1.807, 2.05) is 6.92 Å². The van der Waals surface area contributed by atoms with Crippen molar-refractivity contribution in [2.24, 2.45) is 0 Å². The summed E-state index contributed by atoms with van der Waals surface area (Å²) in [6, 6.07) is 0. The topological polar surface area (TPSA) is 46.5 Å². The minimum absolute atomic E-state index is 0.0988. The Bertz CT molecular complexity index is 126. The van der Waals surface area contributed by atoms with Crippen LogP contribution in [0.15, 0.2) is 0 Å². The lowest BCUT2D eigenvalue weighted by atomic mass is 10.4. The van der Waals surface area contributed by atoms with Gasteiger partial charge in [-0.2, -0.15) is 0 Å². The Morgan fingerprint density at radius 3 is 2.67 bits per heavy atom. The highest BCUT2D eigenvalue weighted by atomic mass is 16.5. The van der Waals surface area contributed by atoms with Gasteiger partial charge in [-0.25, -0.2) is 4.79 Å². The molecule has 52 valence electrons. The summed E-state index contributed by atoms with van der Waals surface area (Å²) in [4.78, 5) is 9.95. The summed E-state index contributed by atoms with van der Waals surface area (Å²) in [7, 11) is 0. The molecule has 0 aromatic heterocycles. The molecule has 9 heavy (non-hydrogen) atoms. The lowest BCUT2D eigenvalue weighted by molar-refractivity contribution is -0.144. The van der Waals surface area contributed by atoms with E-state index in [9.17, 15) is 4.79 Å². The fourth-order valence-corrected chi connectivity index (χ4v) is 0.556. The predicted molar refractivity (Wildman–Crippen MR) is 31.2 cm³/mol. The van der Waals surface area contributed by atoms with Crippen LogP contribution in [0.3, 0.4) is 0 Å². The van der Waals surface area contributed by atoms with Crippen molar-refractivity contribution in [3.63, 3.8) is 0 Å². The molecule has 1 N–H and O–H groups in total. The quantitative estimate of drug-likeness (QED) is 0.609. The molecular formula is C6H10O3. The molecule has 0 saturated heterocycles. The molecule has 0 bridgehead atoms. The lowest BCUT2D eigenvalue weighted by Crippen LogP contribution is -2.15. The van der Waals surface area contributed by atoms with Crippen LogP contribution in [-0.2, 0) is 9.53 Å². The van der Waals surface area contributed by atoms with E-state index in [2.05, 4.69) is 0 Å². The molecule has 1 aliphatic rings. The lowest BCUT2D eigenvalue weighted by Gasteiger charge is -2.05. The van der Waals surface area contributed by atoms with Crippen LogP contribution >= 0.6 is 0 Å². The van der Waals surface area contributed by atoms with E-state index in [4.69, 9.17) is 9.84 Å². The van der Waals surface area contributed by atoms with E-state index in [-0.39, 0.29) is 12.2 Å². The van der Waals surface area contributed by atoms with Gasteiger partial charge in [-0.3, -0.25) is 0 Å². The van der Waals surface area contributed by atoms with Gasteiger partial charge in [0.2, 0.25) is 0 Å².